The largest absolute Gasteiger partial charge is 0.508 e. The van der Waals surface area contributed by atoms with Gasteiger partial charge in [-0.15, -0.1) is 0 Å². The number of benzene rings is 2. The van der Waals surface area contributed by atoms with E-state index in [1.54, 1.807) is 12.1 Å². The fourth-order valence-electron chi connectivity index (χ4n) is 1.82. The quantitative estimate of drug-likeness (QED) is 0.618. The summed E-state index contributed by atoms with van der Waals surface area (Å²) in [6.07, 6.45) is 1.28. The highest BCUT2D eigenvalue weighted by Crippen LogP contribution is 2.28. The van der Waals surface area contributed by atoms with Gasteiger partial charge in [0.1, 0.15) is 22.1 Å². The van der Waals surface area contributed by atoms with Gasteiger partial charge in [-0.1, -0.05) is 12.1 Å². The maximum Gasteiger partial charge on any atom is 0.280 e. The molecule has 2 aromatic rings. The average molecular weight is 336 g/mol. The minimum absolute atomic E-state index is 0.0612. The topological polar surface area (TPSA) is 97.2 Å². The molecule has 0 fully saturated rings. The number of aromatic hydroxyl groups is 1. The van der Waals surface area contributed by atoms with Crippen LogP contribution in [0.25, 0.3) is 0 Å². The summed E-state index contributed by atoms with van der Waals surface area (Å²) in [7, 11) is -1.06. The molecule has 0 aromatic heterocycles. The van der Waals surface area contributed by atoms with Crippen molar-refractivity contribution in [2.75, 3.05) is 14.2 Å². The SMILES string of the molecule is COc1ccc(S(=O)(=O)NN=Cc2cccc(O)c2)c(OC)c1. The number of phenols is 1. The smallest absolute Gasteiger partial charge is 0.280 e. The van der Waals surface area contributed by atoms with Gasteiger partial charge in [0.2, 0.25) is 0 Å². The molecule has 2 rings (SSSR count). The second-order valence-electron chi connectivity index (χ2n) is 4.46. The molecule has 0 spiro atoms. The molecule has 0 aliphatic carbocycles. The number of sulfonamides is 1. The molecule has 0 heterocycles. The maximum absolute atomic E-state index is 12.3. The number of methoxy groups -OCH3 is 2. The number of nitrogens with zero attached hydrogens (tertiary/aromatic N) is 1. The van der Waals surface area contributed by atoms with E-state index in [0.29, 0.717) is 11.3 Å². The Kier molecular flexibility index (Phi) is 5.07. The lowest BCUT2D eigenvalue weighted by Crippen LogP contribution is -2.19. The standard InChI is InChI=1S/C15H16N2O5S/c1-21-13-6-7-15(14(9-13)22-2)23(19,20)17-16-10-11-4-3-5-12(18)8-11/h3-10,17-18H,1-2H3. The minimum atomic E-state index is -3.90. The number of ether oxygens (including phenoxy) is 2. The summed E-state index contributed by atoms with van der Waals surface area (Å²) in [6, 6.07) is 10.6. The second kappa shape index (κ2) is 7.01. The molecule has 0 saturated heterocycles. The fraction of sp³-hybridized carbons (Fsp3) is 0.133. The summed E-state index contributed by atoms with van der Waals surface area (Å²) < 4.78 is 34.6. The number of phenolic OH excluding ortho intramolecular Hbond substituents is 1. The molecule has 0 amide bonds. The monoisotopic (exact) mass is 336 g/mol. The van der Waals surface area contributed by atoms with Crippen molar-refractivity contribution < 1.29 is 23.0 Å². The lowest BCUT2D eigenvalue weighted by molar-refractivity contribution is 0.386. The zero-order valence-corrected chi connectivity index (χ0v) is 13.4. The number of rotatable bonds is 6. The van der Waals surface area contributed by atoms with Crippen LogP contribution in [0.3, 0.4) is 0 Å². The van der Waals surface area contributed by atoms with Crippen molar-refractivity contribution in [1.82, 2.24) is 4.83 Å². The lowest BCUT2D eigenvalue weighted by Gasteiger charge is -2.10. The average Bonchev–Trinajstić information content (AvgIpc) is 2.54. The fourth-order valence-corrected chi connectivity index (χ4v) is 2.77. The van der Waals surface area contributed by atoms with Crippen molar-refractivity contribution in [1.29, 1.82) is 0 Å². The zero-order chi connectivity index (χ0) is 16.9. The first-order valence-electron chi connectivity index (χ1n) is 6.52. The van der Waals surface area contributed by atoms with Gasteiger partial charge in [-0.05, 0) is 29.8 Å². The van der Waals surface area contributed by atoms with Crippen LogP contribution in [0.1, 0.15) is 5.56 Å². The van der Waals surface area contributed by atoms with Gasteiger partial charge in [-0.25, -0.2) is 0 Å². The Morgan fingerprint density at radius 2 is 1.91 bits per heavy atom. The zero-order valence-electron chi connectivity index (χ0n) is 12.6. The Morgan fingerprint density at radius 3 is 2.57 bits per heavy atom. The Bertz CT molecular complexity index is 818. The van der Waals surface area contributed by atoms with Gasteiger partial charge >= 0.3 is 0 Å². The molecular weight excluding hydrogens is 320 g/mol. The van der Waals surface area contributed by atoms with Crippen molar-refractivity contribution in [3.63, 3.8) is 0 Å². The first kappa shape index (κ1) is 16.6. The molecule has 8 heteroatoms. The van der Waals surface area contributed by atoms with Gasteiger partial charge in [0, 0.05) is 6.07 Å². The highest BCUT2D eigenvalue weighted by molar-refractivity contribution is 7.89. The third kappa shape index (κ3) is 4.13. The summed E-state index contributed by atoms with van der Waals surface area (Å²) >= 11 is 0. The van der Waals surface area contributed by atoms with E-state index in [0.717, 1.165) is 0 Å². The summed E-state index contributed by atoms with van der Waals surface area (Å²) in [4.78, 5) is 2.03. The predicted octanol–water partition coefficient (Wildman–Crippen LogP) is 1.72. The van der Waals surface area contributed by atoms with Crippen LogP contribution in [-0.4, -0.2) is 34.0 Å². The molecule has 122 valence electrons. The summed E-state index contributed by atoms with van der Waals surface area (Å²) in [5.41, 5.74) is 0.550. The van der Waals surface area contributed by atoms with E-state index in [1.807, 2.05) is 0 Å². The Morgan fingerprint density at radius 1 is 1.13 bits per heavy atom. The van der Waals surface area contributed by atoms with E-state index in [2.05, 4.69) is 9.93 Å². The van der Waals surface area contributed by atoms with E-state index < -0.39 is 10.0 Å². The number of hydrazone groups is 1. The molecule has 2 N–H and O–H groups in total. The third-order valence-electron chi connectivity index (χ3n) is 2.92. The van der Waals surface area contributed by atoms with Crippen molar-refractivity contribution >= 4 is 16.2 Å². The van der Waals surface area contributed by atoms with Crippen LogP contribution in [0, 0.1) is 0 Å². The molecule has 0 atom stereocenters. The van der Waals surface area contributed by atoms with E-state index in [4.69, 9.17) is 9.47 Å². The van der Waals surface area contributed by atoms with Gasteiger partial charge in [-0.2, -0.15) is 18.4 Å². The van der Waals surface area contributed by atoms with E-state index in [-0.39, 0.29) is 16.4 Å². The maximum atomic E-state index is 12.3. The summed E-state index contributed by atoms with van der Waals surface area (Å²) in [6.45, 7) is 0. The number of hydrogen-bond donors (Lipinski definition) is 2. The minimum Gasteiger partial charge on any atom is -0.508 e. The Labute approximate surface area is 134 Å². The third-order valence-corrected chi connectivity index (χ3v) is 4.18. The molecule has 0 saturated carbocycles. The van der Waals surface area contributed by atoms with Crippen molar-refractivity contribution in [3.05, 3.63) is 48.0 Å². The van der Waals surface area contributed by atoms with Crippen molar-refractivity contribution in [2.24, 2.45) is 5.10 Å². The Balaban J connectivity index is 2.22. The second-order valence-corrected chi connectivity index (χ2v) is 6.09. The number of hydrogen-bond acceptors (Lipinski definition) is 6. The normalized spacial score (nSPS) is 11.4. The van der Waals surface area contributed by atoms with Crippen molar-refractivity contribution in [3.8, 4) is 17.2 Å². The van der Waals surface area contributed by atoms with Crippen LogP contribution in [0.4, 0.5) is 0 Å². The predicted molar refractivity (Wildman–Crippen MR) is 85.6 cm³/mol. The van der Waals surface area contributed by atoms with Crippen LogP contribution < -0.4 is 14.3 Å². The van der Waals surface area contributed by atoms with Gasteiger partial charge < -0.3 is 14.6 Å². The lowest BCUT2D eigenvalue weighted by atomic mass is 10.2. The molecule has 0 bridgehead atoms. The van der Waals surface area contributed by atoms with Crippen LogP contribution in [-0.2, 0) is 10.0 Å². The highest BCUT2D eigenvalue weighted by Gasteiger charge is 2.19. The summed E-state index contributed by atoms with van der Waals surface area (Å²) in [5.74, 6) is 0.682. The van der Waals surface area contributed by atoms with Gasteiger partial charge in [0.05, 0.1) is 20.4 Å². The molecule has 7 nitrogen and oxygen atoms in total. The first-order chi connectivity index (χ1) is 11.0. The molecule has 23 heavy (non-hydrogen) atoms. The van der Waals surface area contributed by atoms with Crippen LogP contribution in [0.5, 0.6) is 17.2 Å². The van der Waals surface area contributed by atoms with Gasteiger partial charge in [0.25, 0.3) is 10.0 Å². The molecule has 0 radical (unpaired) electrons. The van der Waals surface area contributed by atoms with E-state index >= 15 is 0 Å². The molecular formula is C15H16N2O5S. The number of nitrogens with one attached hydrogen (secondary N) is 1. The van der Waals surface area contributed by atoms with Gasteiger partial charge in [-0.3, -0.25) is 0 Å². The van der Waals surface area contributed by atoms with E-state index in [9.17, 15) is 13.5 Å². The van der Waals surface area contributed by atoms with Gasteiger partial charge in [0.15, 0.2) is 0 Å². The molecule has 0 unspecified atom stereocenters. The van der Waals surface area contributed by atoms with Crippen molar-refractivity contribution in [2.45, 2.75) is 4.90 Å². The van der Waals surface area contributed by atoms with Crippen LogP contribution >= 0.6 is 0 Å². The molecule has 0 aliphatic rings. The first-order valence-corrected chi connectivity index (χ1v) is 8.00. The molecule has 2 aromatic carbocycles. The van der Waals surface area contributed by atoms with Crippen LogP contribution in [0.2, 0.25) is 0 Å². The molecule has 0 aliphatic heterocycles. The van der Waals surface area contributed by atoms with Crippen LogP contribution in [0.15, 0.2) is 52.5 Å². The Hall–Kier alpha value is -2.74. The summed E-state index contributed by atoms with van der Waals surface area (Å²) in [5, 5.41) is 13.0. The highest BCUT2D eigenvalue weighted by atomic mass is 32.2. The van der Waals surface area contributed by atoms with E-state index in [1.165, 1.54) is 50.8 Å².